The zero-order valence-electron chi connectivity index (χ0n) is 9.47. The fourth-order valence-corrected chi connectivity index (χ4v) is 2.68. The molecule has 0 saturated heterocycles. The molecule has 1 aromatic carbocycles. The van der Waals surface area contributed by atoms with Crippen molar-refractivity contribution < 1.29 is 13.6 Å². The minimum absolute atomic E-state index is 0.0576. The van der Waals surface area contributed by atoms with E-state index in [0.717, 1.165) is 23.0 Å². The Kier molecular flexibility index (Phi) is 3.78. The molecule has 94 valence electrons. The molecule has 0 radical (unpaired) electrons. The molecule has 0 aliphatic heterocycles. The number of rotatable bonds is 3. The van der Waals surface area contributed by atoms with E-state index in [1.807, 2.05) is 0 Å². The molecule has 5 heteroatoms. The van der Waals surface area contributed by atoms with Gasteiger partial charge in [0.1, 0.15) is 0 Å². The van der Waals surface area contributed by atoms with Gasteiger partial charge >= 0.3 is 0 Å². The largest absolute Gasteiger partial charge is 0.293 e. The van der Waals surface area contributed by atoms with E-state index in [4.69, 9.17) is 11.6 Å². The predicted molar refractivity (Wildman–Crippen MR) is 68.5 cm³/mol. The molecule has 2 aromatic rings. The summed E-state index contributed by atoms with van der Waals surface area (Å²) in [5.41, 5.74) is 0.868. The van der Waals surface area contributed by atoms with Gasteiger partial charge in [0.15, 0.2) is 17.4 Å². The predicted octanol–water partition coefficient (Wildman–Crippen LogP) is 4.41. The first-order valence-electron chi connectivity index (χ1n) is 5.21. The fraction of sp³-hybridized carbons (Fsp3) is 0.154. The second kappa shape index (κ2) is 5.16. The molecule has 0 aliphatic rings. The van der Waals surface area contributed by atoms with Crippen molar-refractivity contribution in [2.45, 2.75) is 13.3 Å². The number of carbonyl (C=O) groups excluding carboxylic acids is 1. The number of carbonyl (C=O) groups is 1. The highest BCUT2D eigenvalue weighted by Crippen LogP contribution is 2.28. The molecule has 0 amide bonds. The van der Waals surface area contributed by atoms with Crippen molar-refractivity contribution in [2.24, 2.45) is 0 Å². The lowest BCUT2D eigenvalue weighted by Gasteiger charge is -2.01. The standard InChI is InChI=1S/C13H9ClF2OS/c1-7-5-11(18-13(7)14)10(17)6-8-3-2-4-9(15)12(8)16/h2-5H,6H2,1H3. The van der Waals surface area contributed by atoms with Crippen LogP contribution < -0.4 is 0 Å². The summed E-state index contributed by atoms with van der Waals surface area (Å²) in [6.07, 6.45) is -0.167. The maximum atomic E-state index is 13.4. The van der Waals surface area contributed by atoms with Gasteiger partial charge in [-0.3, -0.25) is 4.79 Å². The third-order valence-corrected chi connectivity index (χ3v) is 4.11. The van der Waals surface area contributed by atoms with Crippen LogP contribution in [0.4, 0.5) is 8.78 Å². The summed E-state index contributed by atoms with van der Waals surface area (Å²) in [6, 6.07) is 5.47. The van der Waals surface area contributed by atoms with Crippen LogP contribution in [0.25, 0.3) is 0 Å². The molecule has 0 saturated carbocycles. The highest BCUT2D eigenvalue weighted by Gasteiger charge is 2.15. The molecule has 0 fully saturated rings. The monoisotopic (exact) mass is 286 g/mol. The molecular formula is C13H9ClF2OS. The minimum atomic E-state index is -0.967. The summed E-state index contributed by atoms with van der Waals surface area (Å²) >= 11 is 7.02. The normalized spacial score (nSPS) is 10.7. The average molecular weight is 287 g/mol. The van der Waals surface area contributed by atoms with Crippen molar-refractivity contribution >= 4 is 28.7 Å². The zero-order valence-corrected chi connectivity index (χ0v) is 11.0. The van der Waals surface area contributed by atoms with Gasteiger partial charge in [-0.1, -0.05) is 23.7 Å². The highest BCUT2D eigenvalue weighted by molar-refractivity contribution is 7.18. The summed E-state index contributed by atoms with van der Waals surface area (Å²) < 4.78 is 26.9. The van der Waals surface area contributed by atoms with Crippen molar-refractivity contribution in [3.63, 3.8) is 0 Å². The van der Waals surface area contributed by atoms with Gasteiger partial charge in [0.2, 0.25) is 0 Å². The van der Waals surface area contributed by atoms with Gasteiger partial charge in [-0.25, -0.2) is 8.78 Å². The lowest BCUT2D eigenvalue weighted by atomic mass is 10.1. The van der Waals surface area contributed by atoms with E-state index in [0.29, 0.717) is 9.21 Å². The van der Waals surface area contributed by atoms with Crippen molar-refractivity contribution in [3.8, 4) is 0 Å². The van der Waals surface area contributed by atoms with E-state index in [1.54, 1.807) is 13.0 Å². The van der Waals surface area contributed by atoms with Crippen molar-refractivity contribution in [1.29, 1.82) is 0 Å². The maximum Gasteiger partial charge on any atom is 0.177 e. The van der Waals surface area contributed by atoms with Crippen LogP contribution in [0.2, 0.25) is 4.34 Å². The third-order valence-electron chi connectivity index (χ3n) is 2.51. The van der Waals surface area contributed by atoms with E-state index >= 15 is 0 Å². The number of aryl methyl sites for hydroxylation is 1. The van der Waals surface area contributed by atoms with Crippen LogP contribution in [0.1, 0.15) is 20.8 Å². The number of hydrogen-bond donors (Lipinski definition) is 0. The molecule has 0 aliphatic carbocycles. The Balaban J connectivity index is 2.24. The quantitative estimate of drug-likeness (QED) is 0.764. The Bertz CT molecular complexity index is 588. The molecular weight excluding hydrogens is 278 g/mol. The summed E-state index contributed by atoms with van der Waals surface area (Å²) in [5.74, 6) is -2.18. The van der Waals surface area contributed by atoms with Crippen LogP contribution in [-0.2, 0) is 6.42 Å². The first-order chi connectivity index (χ1) is 8.49. The second-order valence-corrected chi connectivity index (χ2v) is 5.53. The summed E-state index contributed by atoms with van der Waals surface area (Å²) in [4.78, 5) is 12.4. The van der Waals surface area contributed by atoms with Crippen LogP contribution >= 0.6 is 22.9 Å². The molecule has 1 nitrogen and oxygen atoms in total. The van der Waals surface area contributed by atoms with Crippen LogP contribution in [0.15, 0.2) is 24.3 Å². The van der Waals surface area contributed by atoms with Crippen molar-refractivity contribution in [3.05, 3.63) is 56.2 Å². The lowest BCUT2D eigenvalue weighted by Crippen LogP contribution is -2.04. The molecule has 0 N–H and O–H groups in total. The van der Waals surface area contributed by atoms with E-state index < -0.39 is 11.6 Å². The van der Waals surface area contributed by atoms with E-state index in [-0.39, 0.29) is 17.8 Å². The molecule has 18 heavy (non-hydrogen) atoms. The molecule has 2 rings (SSSR count). The van der Waals surface area contributed by atoms with Gasteiger partial charge in [-0.15, -0.1) is 11.3 Å². The van der Waals surface area contributed by atoms with Crippen LogP contribution in [0, 0.1) is 18.6 Å². The van der Waals surface area contributed by atoms with E-state index in [9.17, 15) is 13.6 Å². The topological polar surface area (TPSA) is 17.1 Å². The Morgan fingerprint density at radius 2 is 2.11 bits per heavy atom. The zero-order chi connectivity index (χ0) is 13.3. The summed E-state index contributed by atoms with van der Waals surface area (Å²) in [7, 11) is 0. The number of Topliss-reactive ketones (excluding diaryl/α,β-unsaturated/α-hetero) is 1. The molecule has 1 heterocycles. The number of ketones is 1. The maximum absolute atomic E-state index is 13.4. The SMILES string of the molecule is Cc1cc(C(=O)Cc2cccc(F)c2F)sc1Cl. The van der Waals surface area contributed by atoms with Gasteiger partial charge in [-0.05, 0) is 30.2 Å². The van der Waals surface area contributed by atoms with Gasteiger partial charge in [0.25, 0.3) is 0 Å². The Morgan fingerprint density at radius 3 is 2.72 bits per heavy atom. The number of hydrogen-bond acceptors (Lipinski definition) is 2. The number of halogens is 3. The number of thiophene rings is 1. The van der Waals surface area contributed by atoms with Gasteiger partial charge in [-0.2, -0.15) is 0 Å². The first kappa shape index (κ1) is 13.2. The van der Waals surface area contributed by atoms with Crippen LogP contribution in [-0.4, -0.2) is 5.78 Å². The molecule has 1 aromatic heterocycles. The van der Waals surface area contributed by atoms with Gasteiger partial charge in [0, 0.05) is 6.42 Å². The Labute approximate surface area is 112 Å². The second-order valence-electron chi connectivity index (χ2n) is 3.88. The minimum Gasteiger partial charge on any atom is -0.293 e. The van der Waals surface area contributed by atoms with Crippen molar-refractivity contribution in [1.82, 2.24) is 0 Å². The lowest BCUT2D eigenvalue weighted by molar-refractivity contribution is 0.0995. The van der Waals surface area contributed by atoms with Crippen LogP contribution in [0.3, 0.4) is 0 Å². The Hall–Kier alpha value is -1.26. The highest BCUT2D eigenvalue weighted by atomic mass is 35.5. The molecule has 0 atom stereocenters. The van der Waals surface area contributed by atoms with Gasteiger partial charge in [0.05, 0.1) is 9.21 Å². The van der Waals surface area contributed by atoms with E-state index in [1.165, 1.54) is 12.1 Å². The smallest absolute Gasteiger partial charge is 0.177 e. The fourth-order valence-electron chi connectivity index (χ4n) is 1.54. The number of benzene rings is 1. The van der Waals surface area contributed by atoms with Crippen LogP contribution in [0.5, 0.6) is 0 Å². The van der Waals surface area contributed by atoms with E-state index in [2.05, 4.69) is 0 Å². The Morgan fingerprint density at radius 1 is 1.39 bits per heavy atom. The van der Waals surface area contributed by atoms with Gasteiger partial charge < -0.3 is 0 Å². The summed E-state index contributed by atoms with van der Waals surface area (Å²) in [5, 5.41) is 0. The first-order valence-corrected chi connectivity index (χ1v) is 6.40. The molecule has 0 bridgehead atoms. The third kappa shape index (κ3) is 2.60. The summed E-state index contributed by atoms with van der Waals surface area (Å²) in [6.45, 7) is 1.79. The molecule has 0 spiro atoms. The average Bonchev–Trinajstić information content (AvgIpc) is 2.66. The van der Waals surface area contributed by atoms with Crippen molar-refractivity contribution in [2.75, 3.05) is 0 Å². The molecule has 0 unspecified atom stereocenters.